The highest BCUT2D eigenvalue weighted by Crippen LogP contribution is 1.93. The molecule has 4 nitrogen and oxygen atoms in total. The van der Waals surface area contributed by atoms with Gasteiger partial charge in [-0.05, 0) is 25.6 Å². The fourth-order valence-electron chi connectivity index (χ4n) is 0.452. The highest BCUT2D eigenvalue weighted by atomic mass is 16.4. The minimum Gasteiger partial charge on any atom is -0.477 e. The zero-order valence-electron chi connectivity index (χ0n) is 6.08. The van der Waals surface area contributed by atoms with Gasteiger partial charge in [0, 0.05) is 6.20 Å². The van der Waals surface area contributed by atoms with Crippen LogP contribution in [0.3, 0.4) is 0 Å². The van der Waals surface area contributed by atoms with Crippen molar-refractivity contribution in [3.63, 3.8) is 0 Å². The van der Waals surface area contributed by atoms with Crippen molar-refractivity contribution in [2.75, 3.05) is 13.1 Å². The molecule has 2 aliphatic heterocycles. The molecule has 0 aromatic carbocycles. The summed E-state index contributed by atoms with van der Waals surface area (Å²) in [6, 6.07) is 0. The maximum Gasteiger partial charge on any atom is 0.354 e. The Morgan fingerprint density at radius 3 is 2.09 bits per heavy atom. The number of nitrogens with one attached hydrogen (secondary N) is 1. The number of nitrogens with zero attached hydrogens (tertiary/aromatic N) is 1. The van der Waals surface area contributed by atoms with Crippen LogP contribution in [-0.4, -0.2) is 29.9 Å². The second-order valence-corrected chi connectivity index (χ2v) is 2.24. The molecule has 0 aliphatic carbocycles. The van der Waals surface area contributed by atoms with Crippen molar-refractivity contribution in [1.82, 2.24) is 5.32 Å². The molecule has 4 heteroatoms. The Morgan fingerprint density at radius 1 is 1.64 bits per heavy atom. The van der Waals surface area contributed by atoms with E-state index in [2.05, 4.69) is 10.3 Å². The van der Waals surface area contributed by atoms with Crippen LogP contribution in [0.4, 0.5) is 0 Å². The van der Waals surface area contributed by atoms with Gasteiger partial charge in [0.2, 0.25) is 0 Å². The van der Waals surface area contributed by atoms with E-state index < -0.39 is 5.97 Å². The summed E-state index contributed by atoms with van der Waals surface area (Å²) in [5.74, 6) is -0.956. The van der Waals surface area contributed by atoms with Crippen molar-refractivity contribution < 1.29 is 9.90 Å². The Hall–Kier alpha value is -1.16. The second-order valence-electron chi connectivity index (χ2n) is 2.24. The fourth-order valence-corrected chi connectivity index (χ4v) is 0.452. The van der Waals surface area contributed by atoms with Crippen molar-refractivity contribution >= 4 is 11.7 Å². The molecule has 1 fully saturated rings. The lowest BCUT2D eigenvalue weighted by Crippen LogP contribution is -2.29. The molecular formula is C7H10N2O2. The zero-order chi connectivity index (χ0) is 8.10. The molecule has 0 radical (unpaired) electrons. The largest absolute Gasteiger partial charge is 0.477 e. The summed E-state index contributed by atoms with van der Waals surface area (Å²) in [5, 5.41) is 11.2. The Labute approximate surface area is 64.6 Å². The first kappa shape index (κ1) is 7.94. The van der Waals surface area contributed by atoms with E-state index in [4.69, 9.17) is 5.11 Å². The van der Waals surface area contributed by atoms with Crippen LogP contribution in [0.2, 0.25) is 0 Å². The highest BCUT2D eigenvalue weighted by Gasteiger charge is 2.07. The van der Waals surface area contributed by atoms with E-state index in [0.29, 0.717) is 0 Å². The molecule has 1 saturated heterocycles. The van der Waals surface area contributed by atoms with E-state index in [-0.39, 0.29) is 5.71 Å². The van der Waals surface area contributed by atoms with Gasteiger partial charge < -0.3 is 10.4 Å². The van der Waals surface area contributed by atoms with Crippen molar-refractivity contribution in [2.24, 2.45) is 4.99 Å². The lowest BCUT2D eigenvalue weighted by Gasteiger charge is -2.09. The Morgan fingerprint density at radius 2 is 2.09 bits per heavy atom. The third kappa shape index (κ3) is 2.51. The second kappa shape index (κ2) is 3.88. The van der Waals surface area contributed by atoms with Gasteiger partial charge in [-0.15, -0.1) is 0 Å². The number of carboxylic acids is 1. The molecule has 2 heterocycles. The summed E-state index contributed by atoms with van der Waals surface area (Å²) in [6.45, 7) is 2.50. The summed E-state index contributed by atoms with van der Waals surface area (Å²) in [5.41, 5.74) is 0.139. The van der Waals surface area contributed by atoms with Gasteiger partial charge in [-0.25, -0.2) is 9.79 Å². The van der Waals surface area contributed by atoms with Crippen molar-refractivity contribution in [3.05, 3.63) is 12.3 Å². The smallest absolute Gasteiger partial charge is 0.354 e. The van der Waals surface area contributed by atoms with E-state index in [9.17, 15) is 4.79 Å². The first-order valence-corrected chi connectivity index (χ1v) is 3.49. The molecule has 2 N–H and O–H groups in total. The maximum atomic E-state index is 9.80. The van der Waals surface area contributed by atoms with E-state index >= 15 is 0 Å². The van der Waals surface area contributed by atoms with Crippen LogP contribution < -0.4 is 5.32 Å². The SMILES string of the molecule is C1CNC1.O=C(O)C1=NC=C1. The summed E-state index contributed by atoms with van der Waals surface area (Å²) < 4.78 is 0. The van der Waals surface area contributed by atoms with Gasteiger partial charge in [0.15, 0.2) is 0 Å². The topological polar surface area (TPSA) is 61.7 Å². The van der Waals surface area contributed by atoms with Crippen LogP contribution in [-0.2, 0) is 4.79 Å². The molecule has 11 heavy (non-hydrogen) atoms. The van der Waals surface area contributed by atoms with E-state index in [1.807, 2.05) is 0 Å². The van der Waals surface area contributed by atoms with Crippen molar-refractivity contribution in [3.8, 4) is 0 Å². The van der Waals surface area contributed by atoms with Crippen LogP contribution >= 0.6 is 0 Å². The summed E-state index contributed by atoms with van der Waals surface area (Å²) in [7, 11) is 0. The molecular weight excluding hydrogens is 144 g/mol. The Bertz CT molecular complexity index is 200. The number of hydrogen-bond acceptors (Lipinski definition) is 3. The van der Waals surface area contributed by atoms with Gasteiger partial charge in [0.25, 0.3) is 0 Å². The molecule has 2 aliphatic rings. The predicted octanol–water partition coefficient (Wildman–Crippen LogP) is 0.0190. The minimum atomic E-state index is -0.956. The average molecular weight is 154 g/mol. The van der Waals surface area contributed by atoms with Crippen LogP contribution in [0, 0.1) is 0 Å². The molecule has 60 valence electrons. The molecule has 0 bridgehead atoms. The fraction of sp³-hybridized carbons (Fsp3) is 0.429. The number of aliphatic imine (C=N–C) groups is 1. The minimum absolute atomic E-state index is 0.139. The number of carbonyl (C=O) groups is 1. The van der Waals surface area contributed by atoms with Crippen molar-refractivity contribution in [1.29, 1.82) is 0 Å². The Kier molecular flexibility index (Phi) is 2.80. The van der Waals surface area contributed by atoms with Gasteiger partial charge in [0.05, 0.1) is 0 Å². The van der Waals surface area contributed by atoms with Crippen LogP contribution in [0.1, 0.15) is 6.42 Å². The maximum absolute atomic E-state index is 9.80. The molecule has 0 saturated carbocycles. The van der Waals surface area contributed by atoms with E-state index in [0.717, 1.165) is 0 Å². The molecule has 0 spiro atoms. The quantitative estimate of drug-likeness (QED) is 0.559. The zero-order valence-corrected chi connectivity index (χ0v) is 6.08. The predicted molar refractivity (Wildman–Crippen MR) is 41.7 cm³/mol. The van der Waals surface area contributed by atoms with Crippen LogP contribution in [0.5, 0.6) is 0 Å². The number of aliphatic carboxylic acids is 1. The molecule has 0 aromatic rings. The summed E-state index contributed by atoms with van der Waals surface area (Å²) >= 11 is 0. The molecule has 0 atom stereocenters. The third-order valence-electron chi connectivity index (χ3n) is 1.37. The monoisotopic (exact) mass is 154 g/mol. The standard InChI is InChI=1S/C4H3NO2.C3H7N/c6-4(7)3-1-2-5-3;1-2-4-3-1/h1-2H,(H,6,7);4H,1-3H2. The Balaban J connectivity index is 0.000000128. The van der Waals surface area contributed by atoms with Crippen LogP contribution in [0.25, 0.3) is 0 Å². The van der Waals surface area contributed by atoms with Gasteiger partial charge in [0.1, 0.15) is 5.71 Å². The average Bonchev–Trinajstić information content (AvgIpc) is 1.49. The number of hydrogen-bond donors (Lipinski definition) is 2. The first-order chi connectivity index (χ1) is 5.30. The highest BCUT2D eigenvalue weighted by molar-refractivity contribution is 6.42. The molecule has 2 rings (SSSR count). The normalized spacial score (nSPS) is 18.4. The van der Waals surface area contributed by atoms with E-state index in [1.165, 1.54) is 31.8 Å². The molecule has 0 unspecified atom stereocenters. The van der Waals surface area contributed by atoms with Crippen LogP contribution in [0.15, 0.2) is 17.3 Å². The third-order valence-corrected chi connectivity index (χ3v) is 1.37. The first-order valence-electron chi connectivity index (χ1n) is 3.49. The molecule has 0 amide bonds. The van der Waals surface area contributed by atoms with Gasteiger partial charge in [-0.1, -0.05) is 0 Å². The lowest BCUT2D eigenvalue weighted by atomic mass is 10.3. The summed E-state index contributed by atoms with van der Waals surface area (Å²) in [6.07, 6.45) is 4.28. The van der Waals surface area contributed by atoms with Gasteiger partial charge in [-0.2, -0.15) is 0 Å². The number of carboxylic acid groups (broad SMARTS) is 1. The van der Waals surface area contributed by atoms with Gasteiger partial charge >= 0.3 is 5.97 Å². The lowest BCUT2D eigenvalue weighted by molar-refractivity contribution is -0.129. The van der Waals surface area contributed by atoms with Crippen molar-refractivity contribution in [2.45, 2.75) is 6.42 Å². The van der Waals surface area contributed by atoms with E-state index in [1.54, 1.807) is 0 Å². The van der Waals surface area contributed by atoms with Gasteiger partial charge in [-0.3, -0.25) is 0 Å². The summed E-state index contributed by atoms with van der Waals surface area (Å²) in [4.78, 5) is 13.2. The number of rotatable bonds is 1. The molecule has 0 aromatic heterocycles.